The molecule has 2 aliphatic rings. The summed E-state index contributed by atoms with van der Waals surface area (Å²) in [5.41, 5.74) is 0.523. The van der Waals surface area contributed by atoms with Crippen LogP contribution in [0.15, 0.2) is 30.3 Å². The number of rotatable bonds is 3. The fraction of sp³-hybridized carbons (Fsp3) is 0.684. The molecule has 22 heavy (non-hydrogen) atoms. The van der Waals surface area contributed by atoms with E-state index in [0.717, 1.165) is 24.6 Å². The third kappa shape index (κ3) is 3.11. The lowest BCUT2D eigenvalue weighted by atomic mass is 9.71. The molecule has 0 radical (unpaired) electrons. The van der Waals surface area contributed by atoms with Crippen LogP contribution in [0.3, 0.4) is 0 Å². The summed E-state index contributed by atoms with van der Waals surface area (Å²) in [5.74, 6) is 1.12. The van der Waals surface area contributed by atoms with E-state index in [-0.39, 0.29) is 11.6 Å². The zero-order valence-corrected chi connectivity index (χ0v) is 15.1. The first-order chi connectivity index (χ1) is 11.3. The first kappa shape index (κ1) is 14.0. The largest absolute Gasteiger partial charge is 0.340 e. The van der Waals surface area contributed by atoms with Gasteiger partial charge < -0.3 is 4.52 Å². The van der Waals surface area contributed by atoms with Crippen LogP contribution in [0, 0.1) is 11.8 Å². The molecular formula is C19H30NOP. The van der Waals surface area contributed by atoms with E-state index < -0.39 is 14.8 Å². The zero-order valence-electron chi connectivity index (χ0n) is 16.2. The second kappa shape index (κ2) is 6.59. The summed E-state index contributed by atoms with van der Waals surface area (Å²) in [6.07, 6.45) is 4.63. The van der Waals surface area contributed by atoms with Gasteiger partial charge in [-0.15, -0.1) is 0 Å². The monoisotopic (exact) mass is 321 g/mol. The highest BCUT2D eigenvalue weighted by Gasteiger charge is 2.50. The van der Waals surface area contributed by atoms with Crippen LogP contribution in [0.1, 0.15) is 55.3 Å². The number of nitrogens with zero attached hydrogens (tertiary/aromatic N) is 1. The van der Waals surface area contributed by atoms with E-state index in [4.69, 9.17) is 7.27 Å². The lowest BCUT2D eigenvalue weighted by Gasteiger charge is -2.56. The van der Waals surface area contributed by atoms with E-state index in [1.807, 2.05) is 30.3 Å². The van der Waals surface area contributed by atoms with Gasteiger partial charge in [0.25, 0.3) is 0 Å². The summed E-state index contributed by atoms with van der Waals surface area (Å²) in [4.78, 5) is 0. The molecule has 2 nitrogen and oxygen atoms in total. The van der Waals surface area contributed by atoms with Crippen molar-refractivity contribution in [1.29, 1.82) is 0 Å². The Hall–Kier alpha value is -0.430. The Bertz CT molecular complexity index is 566. The minimum atomic E-state index is -1.51. The highest BCUT2D eigenvalue weighted by atomic mass is 31.2. The van der Waals surface area contributed by atoms with E-state index in [1.165, 1.54) is 6.42 Å². The van der Waals surface area contributed by atoms with Crippen molar-refractivity contribution in [3.8, 4) is 0 Å². The van der Waals surface area contributed by atoms with Gasteiger partial charge in [0, 0.05) is 26.9 Å². The van der Waals surface area contributed by atoms with E-state index in [2.05, 4.69) is 32.4 Å². The van der Waals surface area contributed by atoms with Crippen molar-refractivity contribution in [2.45, 2.75) is 65.1 Å². The third-order valence-electron chi connectivity index (χ3n) is 5.27. The van der Waals surface area contributed by atoms with Gasteiger partial charge in [0.15, 0.2) is 0 Å². The molecule has 0 aromatic heterocycles. The zero-order chi connectivity index (χ0) is 17.5. The summed E-state index contributed by atoms with van der Waals surface area (Å²) < 4.78 is 26.4. The Morgan fingerprint density at radius 1 is 1.32 bits per heavy atom. The standard InChI is InChI=1S/C19H30NOP/c1-5-22-20(14-16-9-7-6-8-10-16)19(3,4)17-12-11-15(2)13-18(17)21-22/h6-10,15,17-18H,5,11-14H2,1-4H3/i14D2. The summed E-state index contributed by atoms with van der Waals surface area (Å²) in [6.45, 7) is 7.39. The molecule has 4 unspecified atom stereocenters. The predicted octanol–water partition coefficient (Wildman–Crippen LogP) is 5.43. The third-order valence-corrected chi connectivity index (χ3v) is 7.38. The molecule has 1 aliphatic carbocycles. The number of fused-ring (bicyclic) bond motifs is 1. The van der Waals surface area contributed by atoms with E-state index in [9.17, 15) is 0 Å². The average Bonchev–Trinajstić information content (AvgIpc) is 2.54. The van der Waals surface area contributed by atoms with Gasteiger partial charge in [-0.3, -0.25) is 0 Å². The molecule has 122 valence electrons. The predicted molar refractivity (Wildman–Crippen MR) is 94.9 cm³/mol. The lowest BCUT2D eigenvalue weighted by Crippen LogP contribution is -2.56. The highest BCUT2D eigenvalue weighted by molar-refractivity contribution is 7.50. The van der Waals surface area contributed by atoms with Gasteiger partial charge >= 0.3 is 0 Å². The van der Waals surface area contributed by atoms with Crippen LogP contribution in [0.4, 0.5) is 0 Å². The molecule has 0 N–H and O–H groups in total. The van der Waals surface area contributed by atoms with Crippen molar-refractivity contribution in [3.05, 3.63) is 35.9 Å². The van der Waals surface area contributed by atoms with E-state index in [0.29, 0.717) is 11.8 Å². The van der Waals surface area contributed by atoms with Gasteiger partial charge in [-0.1, -0.05) is 50.6 Å². The fourth-order valence-electron chi connectivity index (χ4n) is 3.95. The maximum Gasteiger partial charge on any atom is 0.105 e. The molecule has 0 bridgehead atoms. The minimum Gasteiger partial charge on any atom is -0.340 e. The SMILES string of the molecule is [2H]C([2H])(c1ccccc1)N1P(CC)OC2CC(C)CCC2C1(C)C. The quantitative estimate of drug-likeness (QED) is 0.688. The lowest BCUT2D eigenvalue weighted by molar-refractivity contribution is -0.0392. The summed E-state index contributed by atoms with van der Waals surface area (Å²) in [7, 11) is -0.937. The summed E-state index contributed by atoms with van der Waals surface area (Å²) in [5, 5.41) is 0. The second-order valence-electron chi connectivity index (χ2n) is 7.28. The van der Waals surface area contributed by atoms with Crippen molar-refractivity contribution in [2.24, 2.45) is 11.8 Å². The Morgan fingerprint density at radius 2 is 2.05 bits per heavy atom. The number of benzene rings is 1. The van der Waals surface area contributed by atoms with E-state index >= 15 is 0 Å². The Labute approximate surface area is 139 Å². The molecule has 1 aromatic carbocycles. The summed E-state index contributed by atoms with van der Waals surface area (Å²) in [6, 6.07) is 9.58. The van der Waals surface area contributed by atoms with Crippen LogP contribution in [-0.4, -0.2) is 22.5 Å². The normalized spacial score (nSPS) is 37.1. The van der Waals surface area contributed by atoms with Crippen LogP contribution in [0.25, 0.3) is 0 Å². The number of hydrogen-bond donors (Lipinski definition) is 0. The minimum absolute atomic E-state index is 0.204. The van der Waals surface area contributed by atoms with Gasteiger partial charge in [0.2, 0.25) is 0 Å². The van der Waals surface area contributed by atoms with Gasteiger partial charge in [-0.05, 0) is 38.2 Å². The van der Waals surface area contributed by atoms with Crippen LogP contribution >= 0.6 is 8.30 Å². The Morgan fingerprint density at radius 3 is 2.73 bits per heavy atom. The van der Waals surface area contributed by atoms with Crippen molar-refractivity contribution >= 4 is 8.30 Å². The average molecular weight is 321 g/mol. The molecular weight excluding hydrogens is 289 g/mol. The molecule has 1 aliphatic heterocycles. The molecule has 1 saturated heterocycles. The van der Waals surface area contributed by atoms with Crippen LogP contribution < -0.4 is 0 Å². The van der Waals surface area contributed by atoms with Gasteiger partial charge in [-0.25, -0.2) is 4.67 Å². The first-order valence-corrected chi connectivity index (χ1v) is 9.98. The second-order valence-corrected chi connectivity index (χ2v) is 9.23. The van der Waals surface area contributed by atoms with Gasteiger partial charge in [-0.2, -0.15) is 0 Å². The molecule has 2 fully saturated rings. The van der Waals surface area contributed by atoms with Crippen molar-refractivity contribution in [1.82, 2.24) is 4.67 Å². The molecule has 1 heterocycles. The Kier molecular flexibility index (Phi) is 4.18. The fourth-order valence-corrected chi connectivity index (χ4v) is 5.97. The van der Waals surface area contributed by atoms with Gasteiger partial charge in [0.1, 0.15) is 8.30 Å². The van der Waals surface area contributed by atoms with Crippen LogP contribution in [0.5, 0.6) is 0 Å². The van der Waals surface area contributed by atoms with Crippen molar-refractivity contribution in [3.63, 3.8) is 0 Å². The molecule has 1 saturated carbocycles. The van der Waals surface area contributed by atoms with Crippen LogP contribution in [-0.2, 0) is 11.0 Å². The highest BCUT2D eigenvalue weighted by Crippen LogP contribution is 2.58. The molecule has 0 spiro atoms. The van der Waals surface area contributed by atoms with Crippen LogP contribution in [0.2, 0.25) is 0 Å². The number of hydrogen-bond acceptors (Lipinski definition) is 2. The molecule has 4 atom stereocenters. The van der Waals surface area contributed by atoms with Crippen molar-refractivity contribution in [2.75, 3.05) is 6.16 Å². The molecule has 3 heteroatoms. The first-order valence-electron chi connectivity index (χ1n) is 9.58. The summed E-state index contributed by atoms with van der Waals surface area (Å²) >= 11 is 0. The van der Waals surface area contributed by atoms with Crippen molar-refractivity contribution < 1.29 is 7.27 Å². The van der Waals surface area contributed by atoms with Gasteiger partial charge in [0.05, 0.1) is 6.10 Å². The topological polar surface area (TPSA) is 12.5 Å². The maximum atomic E-state index is 8.93. The molecule has 3 rings (SSSR count). The smallest absolute Gasteiger partial charge is 0.105 e. The Balaban J connectivity index is 1.99. The molecule has 0 amide bonds. The molecule has 1 aromatic rings. The maximum absolute atomic E-state index is 8.93. The van der Waals surface area contributed by atoms with E-state index in [1.54, 1.807) is 0 Å².